The Morgan fingerprint density at radius 1 is 1.08 bits per heavy atom. The highest BCUT2D eigenvalue weighted by atomic mass is 35.5. The highest BCUT2D eigenvalue weighted by Gasteiger charge is 2.36. The summed E-state index contributed by atoms with van der Waals surface area (Å²) in [6, 6.07) is 13.4. The van der Waals surface area contributed by atoms with Crippen molar-refractivity contribution in [2.75, 3.05) is 19.6 Å². The second-order valence-electron chi connectivity index (χ2n) is 10.1. The maximum absolute atomic E-state index is 13.6. The third-order valence-corrected chi connectivity index (χ3v) is 7.77. The van der Waals surface area contributed by atoms with Gasteiger partial charge in [-0.25, -0.2) is 14.1 Å². The van der Waals surface area contributed by atoms with Crippen LogP contribution in [0.1, 0.15) is 40.7 Å². The molecule has 6 rings (SSSR count). The van der Waals surface area contributed by atoms with E-state index in [2.05, 4.69) is 17.6 Å². The summed E-state index contributed by atoms with van der Waals surface area (Å²) in [5.41, 5.74) is 7.09. The summed E-state index contributed by atoms with van der Waals surface area (Å²) in [4.78, 5) is 27.9. The Labute approximate surface area is 225 Å². The fourth-order valence-corrected chi connectivity index (χ4v) is 5.71. The molecule has 9 heteroatoms. The van der Waals surface area contributed by atoms with E-state index in [1.165, 1.54) is 19.1 Å². The van der Waals surface area contributed by atoms with E-state index in [1.54, 1.807) is 33.8 Å². The molecule has 0 radical (unpaired) electrons. The van der Waals surface area contributed by atoms with Gasteiger partial charge in [0, 0.05) is 37.1 Å². The van der Waals surface area contributed by atoms with Crippen LogP contribution in [0.2, 0.25) is 5.02 Å². The molecule has 194 valence electrons. The Morgan fingerprint density at radius 2 is 1.84 bits per heavy atom. The minimum atomic E-state index is -0.325. The minimum Gasteiger partial charge on any atom is -0.334 e. The number of benzene rings is 2. The zero-order chi connectivity index (χ0) is 26.4. The maximum atomic E-state index is 13.6. The van der Waals surface area contributed by atoms with Gasteiger partial charge >= 0.3 is 0 Å². The van der Waals surface area contributed by atoms with Crippen molar-refractivity contribution in [1.29, 1.82) is 0 Å². The van der Waals surface area contributed by atoms with Crippen molar-refractivity contribution in [3.05, 3.63) is 94.0 Å². The van der Waals surface area contributed by atoms with Crippen LogP contribution >= 0.6 is 11.6 Å². The van der Waals surface area contributed by atoms with Crippen LogP contribution in [0, 0.1) is 17.7 Å². The molecule has 1 aliphatic carbocycles. The number of allylic oxidation sites excluding steroid dienone is 1. The van der Waals surface area contributed by atoms with Crippen molar-refractivity contribution in [1.82, 2.24) is 25.1 Å². The molecule has 3 aliphatic rings. The van der Waals surface area contributed by atoms with Gasteiger partial charge in [0.05, 0.1) is 17.9 Å². The fourth-order valence-electron chi connectivity index (χ4n) is 5.59. The predicted octanol–water partition coefficient (Wildman–Crippen LogP) is 4.72. The van der Waals surface area contributed by atoms with Gasteiger partial charge in [-0.2, -0.15) is 5.10 Å². The number of nitrogens with one attached hydrogen (secondary N) is 1. The monoisotopic (exact) mass is 531 g/mol. The number of hydrogen-bond acceptors (Lipinski definition) is 4. The molecule has 0 saturated carbocycles. The first-order valence-electron chi connectivity index (χ1n) is 12.7. The SMILES string of the molecule is CC(=O)N1CC(=Cc2ccc(F)cc2)c2c(c(C(=O)NN3CC4C=CCC4C3)nn2-c2ccc(Cl)cc2)C1. The van der Waals surface area contributed by atoms with E-state index in [1.807, 2.05) is 23.2 Å². The predicted molar refractivity (Wildman–Crippen MR) is 144 cm³/mol. The number of hydrazine groups is 1. The summed E-state index contributed by atoms with van der Waals surface area (Å²) in [5.74, 6) is 0.243. The van der Waals surface area contributed by atoms with E-state index < -0.39 is 0 Å². The summed E-state index contributed by atoms with van der Waals surface area (Å²) in [5, 5.41) is 7.34. The number of nitrogens with zero attached hydrogens (tertiary/aromatic N) is 4. The number of halogens is 2. The van der Waals surface area contributed by atoms with Crippen molar-refractivity contribution >= 4 is 35.1 Å². The quantitative estimate of drug-likeness (QED) is 0.495. The largest absolute Gasteiger partial charge is 0.334 e. The van der Waals surface area contributed by atoms with Crippen molar-refractivity contribution in [2.24, 2.45) is 11.8 Å². The lowest BCUT2D eigenvalue weighted by Gasteiger charge is -2.29. The van der Waals surface area contributed by atoms with Gasteiger partial charge in [0.2, 0.25) is 5.91 Å². The van der Waals surface area contributed by atoms with Crippen molar-refractivity contribution < 1.29 is 14.0 Å². The molecule has 1 fully saturated rings. The Kier molecular flexibility index (Phi) is 6.37. The Hall–Kier alpha value is -3.75. The number of hydrogen-bond donors (Lipinski definition) is 1. The van der Waals surface area contributed by atoms with Crippen molar-refractivity contribution in [3.63, 3.8) is 0 Å². The third-order valence-electron chi connectivity index (χ3n) is 7.51. The van der Waals surface area contributed by atoms with Crippen molar-refractivity contribution in [2.45, 2.75) is 19.9 Å². The molecule has 0 spiro atoms. The lowest BCUT2D eigenvalue weighted by molar-refractivity contribution is -0.128. The fraction of sp³-hybridized carbons (Fsp3) is 0.276. The number of carbonyl (C=O) groups is 2. The van der Waals surface area contributed by atoms with Gasteiger partial charge in [0.15, 0.2) is 5.69 Å². The van der Waals surface area contributed by atoms with Crippen LogP contribution in [-0.2, 0) is 11.3 Å². The van der Waals surface area contributed by atoms with Crippen LogP contribution in [0.3, 0.4) is 0 Å². The van der Waals surface area contributed by atoms with Crippen LogP contribution < -0.4 is 5.43 Å². The highest BCUT2D eigenvalue weighted by Crippen LogP contribution is 2.35. The van der Waals surface area contributed by atoms with E-state index >= 15 is 0 Å². The Bertz CT molecular complexity index is 1460. The summed E-state index contributed by atoms with van der Waals surface area (Å²) in [7, 11) is 0. The standard InChI is InChI=1S/C29H27ClFN5O2/c1-18(37)34-14-22(13-19-5-9-24(31)10-6-19)28-26(17-34)27(32-36(28)25-11-7-23(30)8-12-25)29(38)33-35-15-20-3-2-4-21(20)16-35/h2-3,5-13,20-21H,4,14-17H2,1H3,(H,33,38). The van der Waals surface area contributed by atoms with Gasteiger partial charge in [-0.05, 0) is 71.9 Å². The van der Waals surface area contributed by atoms with Crippen LogP contribution in [0.25, 0.3) is 17.3 Å². The van der Waals surface area contributed by atoms with Crippen LogP contribution in [-0.4, -0.2) is 51.1 Å². The normalized spacial score (nSPS) is 21.6. The number of aromatic nitrogens is 2. The summed E-state index contributed by atoms with van der Waals surface area (Å²) >= 11 is 6.15. The molecule has 1 N–H and O–H groups in total. The van der Waals surface area contributed by atoms with Gasteiger partial charge < -0.3 is 4.90 Å². The lowest BCUT2D eigenvalue weighted by Crippen LogP contribution is -2.42. The molecule has 7 nitrogen and oxygen atoms in total. The van der Waals surface area contributed by atoms with Crippen LogP contribution in [0.15, 0.2) is 60.7 Å². The molecule has 1 aromatic heterocycles. The van der Waals surface area contributed by atoms with Crippen LogP contribution in [0.4, 0.5) is 4.39 Å². The zero-order valence-electron chi connectivity index (χ0n) is 20.9. The average Bonchev–Trinajstić information content (AvgIpc) is 3.59. The number of amides is 2. The summed E-state index contributed by atoms with van der Waals surface area (Å²) in [6.07, 6.45) is 7.38. The molecule has 2 aliphatic heterocycles. The van der Waals surface area contributed by atoms with Gasteiger partial charge in [-0.15, -0.1) is 0 Å². The maximum Gasteiger partial charge on any atom is 0.286 e. The highest BCUT2D eigenvalue weighted by molar-refractivity contribution is 6.30. The van der Waals surface area contributed by atoms with E-state index in [0.717, 1.165) is 42.0 Å². The molecule has 2 unspecified atom stereocenters. The molecule has 0 bridgehead atoms. The third kappa shape index (κ3) is 4.66. The minimum absolute atomic E-state index is 0.106. The van der Waals surface area contributed by atoms with Crippen molar-refractivity contribution in [3.8, 4) is 5.69 Å². The lowest BCUT2D eigenvalue weighted by atomic mass is 9.97. The second kappa shape index (κ2) is 9.85. The summed E-state index contributed by atoms with van der Waals surface area (Å²) < 4.78 is 15.3. The van der Waals surface area contributed by atoms with Gasteiger partial charge in [-0.1, -0.05) is 35.9 Å². The molecule has 38 heavy (non-hydrogen) atoms. The second-order valence-corrected chi connectivity index (χ2v) is 10.5. The Balaban J connectivity index is 1.44. The molecule has 3 heterocycles. The topological polar surface area (TPSA) is 70.5 Å². The van der Waals surface area contributed by atoms with Gasteiger partial charge in [-0.3, -0.25) is 15.0 Å². The summed E-state index contributed by atoms with van der Waals surface area (Å²) in [6.45, 7) is 3.67. The van der Waals surface area contributed by atoms with E-state index in [0.29, 0.717) is 29.0 Å². The van der Waals surface area contributed by atoms with E-state index in [9.17, 15) is 14.0 Å². The number of carbonyl (C=O) groups excluding carboxylic acids is 2. The Morgan fingerprint density at radius 3 is 2.55 bits per heavy atom. The number of fused-ring (bicyclic) bond motifs is 2. The van der Waals surface area contributed by atoms with Crippen LogP contribution in [0.5, 0.6) is 0 Å². The van der Waals surface area contributed by atoms with E-state index in [4.69, 9.17) is 16.7 Å². The first-order chi connectivity index (χ1) is 18.4. The molecule has 3 aromatic rings. The smallest absolute Gasteiger partial charge is 0.286 e. The molecular formula is C29H27ClFN5O2. The molecular weight excluding hydrogens is 505 g/mol. The molecule has 2 atom stereocenters. The van der Waals surface area contributed by atoms with E-state index in [-0.39, 0.29) is 29.9 Å². The van der Waals surface area contributed by atoms with Gasteiger partial charge in [0.1, 0.15) is 5.82 Å². The first kappa shape index (κ1) is 24.6. The first-order valence-corrected chi connectivity index (χ1v) is 13.1. The number of rotatable bonds is 4. The molecule has 1 saturated heterocycles. The average molecular weight is 532 g/mol. The molecule has 2 aromatic carbocycles. The molecule has 2 amide bonds. The van der Waals surface area contributed by atoms with Gasteiger partial charge in [0.25, 0.3) is 5.91 Å². The zero-order valence-corrected chi connectivity index (χ0v) is 21.7.